The summed E-state index contributed by atoms with van der Waals surface area (Å²) in [5, 5.41) is 7.84. The zero-order chi connectivity index (χ0) is 13.0. The summed E-state index contributed by atoms with van der Waals surface area (Å²) in [6.45, 7) is 5.85. The Labute approximate surface area is 108 Å². The molecule has 1 fully saturated rings. The average molecular weight is 249 g/mol. The molecule has 0 amide bonds. The van der Waals surface area contributed by atoms with E-state index >= 15 is 0 Å². The monoisotopic (exact) mass is 249 g/mol. The second-order valence-corrected chi connectivity index (χ2v) is 5.18. The Morgan fingerprint density at radius 1 is 1.44 bits per heavy atom. The highest BCUT2D eigenvalue weighted by molar-refractivity contribution is 4.97. The maximum atomic E-state index is 11.7. The van der Waals surface area contributed by atoms with E-state index in [4.69, 9.17) is 0 Å². The first-order valence-corrected chi connectivity index (χ1v) is 6.99. The Hall–Kier alpha value is -1.16. The van der Waals surface area contributed by atoms with E-state index in [9.17, 15) is 4.79 Å². The highest BCUT2D eigenvalue weighted by atomic mass is 16.1. The molecule has 1 N–H and O–H groups in total. The number of aromatic nitrogens is 2. The van der Waals surface area contributed by atoms with Gasteiger partial charge in [-0.2, -0.15) is 5.10 Å². The van der Waals surface area contributed by atoms with Crippen LogP contribution in [0.1, 0.15) is 38.3 Å². The van der Waals surface area contributed by atoms with Crippen LogP contribution < -0.4 is 10.9 Å². The Bertz CT molecular complexity index is 441. The zero-order valence-corrected chi connectivity index (χ0v) is 11.4. The predicted molar refractivity (Wildman–Crippen MR) is 72.7 cm³/mol. The van der Waals surface area contributed by atoms with Gasteiger partial charge in [-0.1, -0.05) is 13.3 Å². The van der Waals surface area contributed by atoms with E-state index in [1.54, 1.807) is 16.8 Å². The van der Waals surface area contributed by atoms with E-state index in [0.29, 0.717) is 12.0 Å². The van der Waals surface area contributed by atoms with Crippen LogP contribution in [0, 0.1) is 12.8 Å². The highest BCUT2D eigenvalue weighted by Crippen LogP contribution is 2.28. The van der Waals surface area contributed by atoms with Crippen LogP contribution in [0.15, 0.2) is 16.9 Å². The molecule has 0 saturated heterocycles. The number of nitrogens with one attached hydrogen (secondary N) is 1. The van der Waals surface area contributed by atoms with Crippen LogP contribution in [-0.4, -0.2) is 22.4 Å². The van der Waals surface area contributed by atoms with Crippen molar-refractivity contribution in [2.24, 2.45) is 5.92 Å². The van der Waals surface area contributed by atoms with Gasteiger partial charge in [0.2, 0.25) is 0 Å². The maximum absolute atomic E-state index is 11.7. The fourth-order valence-electron chi connectivity index (χ4n) is 2.91. The summed E-state index contributed by atoms with van der Waals surface area (Å²) in [5.74, 6) is 0.694. The first-order chi connectivity index (χ1) is 8.70. The van der Waals surface area contributed by atoms with Crippen LogP contribution >= 0.6 is 0 Å². The second-order valence-electron chi connectivity index (χ2n) is 5.18. The Balaban J connectivity index is 1.94. The van der Waals surface area contributed by atoms with Gasteiger partial charge in [0.05, 0.1) is 5.69 Å². The topological polar surface area (TPSA) is 46.9 Å². The lowest BCUT2D eigenvalue weighted by Gasteiger charge is -2.20. The number of hydrogen-bond acceptors (Lipinski definition) is 3. The smallest absolute Gasteiger partial charge is 0.266 e. The van der Waals surface area contributed by atoms with E-state index in [0.717, 1.165) is 25.2 Å². The largest absolute Gasteiger partial charge is 0.314 e. The first kappa shape index (κ1) is 13.3. The molecule has 1 heterocycles. The molecule has 1 saturated carbocycles. The van der Waals surface area contributed by atoms with E-state index in [2.05, 4.69) is 17.3 Å². The van der Waals surface area contributed by atoms with Gasteiger partial charge in [-0.25, -0.2) is 4.68 Å². The van der Waals surface area contributed by atoms with Crippen LogP contribution in [0.2, 0.25) is 0 Å². The molecule has 1 aromatic heterocycles. The molecule has 1 aliphatic rings. The van der Waals surface area contributed by atoms with Crippen LogP contribution in [0.5, 0.6) is 0 Å². The third-order valence-electron chi connectivity index (χ3n) is 3.84. The Kier molecular flexibility index (Phi) is 4.53. The van der Waals surface area contributed by atoms with E-state index in [1.807, 2.05) is 6.92 Å². The molecule has 0 spiro atoms. The fourth-order valence-corrected chi connectivity index (χ4v) is 2.91. The highest BCUT2D eigenvalue weighted by Gasteiger charge is 2.26. The van der Waals surface area contributed by atoms with Gasteiger partial charge in [0.15, 0.2) is 0 Å². The molecule has 2 rings (SSSR count). The lowest BCUT2D eigenvalue weighted by atomic mass is 9.99. The van der Waals surface area contributed by atoms with Gasteiger partial charge in [0.25, 0.3) is 5.56 Å². The SMILES string of the molecule is CCNC1CCCC1CCn1nc(C)ccc1=O. The molecule has 2 atom stereocenters. The Morgan fingerprint density at radius 3 is 3.06 bits per heavy atom. The summed E-state index contributed by atoms with van der Waals surface area (Å²) in [5.41, 5.74) is 0.919. The molecule has 0 radical (unpaired) electrons. The van der Waals surface area contributed by atoms with Gasteiger partial charge in [-0.05, 0) is 44.7 Å². The number of aryl methyl sites for hydroxylation is 2. The van der Waals surface area contributed by atoms with Crippen molar-refractivity contribution in [3.8, 4) is 0 Å². The fraction of sp³-hybridized carbons (Fsp3) is 0.714. The summed E-state index contributed by atoms with van der Waals surface area (Å²) in [4.78, 5) is 11.7. The van der Waals surface area contributed by atoms with Crippen molar-refractivity contribution in [1.82, 2.24) is 15.1 Å². The maximum Gasteiger partial charge on any atom is 0.266 e. The number of rotatable bonds is 5. The third-order valence-corrected chi connectivity index (χ3v) is 3.84. The van der Waals surface area contributed by atoms with Gasteiger partial charge in [0, 0.05) is 18.7 Å². The van der Waals surface area contributed by atoms with Gasteiger partial charge < -0.3 is 5.32 Å². The Morgan fingerprint density at radius 2 is 2.28 bits per heavy atom. The number of nitrogens with zero attached hydrogens (tertiary/aromatic N) is 2. The molecule has 0 aromatic carbocycles. The third kappa shape index (κ3) is 3.19. The summed E-state index contributed by atoms with van der Waals surface area (Å²) in [6.07, 6.45) is 4.90. The molecule has 1 aromatic rings. The molecule has 0 aliphatic heterocycles. The van der Waals surface area contributed by atoms with Crippen LogP contribution in [0.25, 0.3) is 0 Å². The van der Waals surface area contributed by atoms with E-state index < -0.39 is 0 Å². The molecule has 1 aliphatic carbocycles. The van der Waals surface area contributed by atoms with Gasteiger partial charge in [-0.15, -0.1) is 0 Å². The average Bonchev–Trinajstić information content (AvgIpc) is 2.78. The quantitative estimate of drug-likeness (QED) is 0.864. The summed E-state index contributed by atoms with van der Waals surface area (Å²) >= 11 is 0. The van der Waals surface area contributed by atoms with Crippen LogP contribution in [0.3, 0.4) is 0 Å². The zero-order valence-electron chi connectivity index (χ0n) is 11.4. The predicted octanol–water partition coefficient (Wildman–Crippen LogP) is 1.72. The minimum atomic E-state index is 0.0126. The molecular weight excluding hydrogens is 226 g/mol. The van der Waals surface area contributed by atoms with Crippen LogP contribution in [-0.2, 0) is 6.54 Å². The second kappa shape index (κ2) is 6.14. The van der Waals surface area contributed by atoms with Gasteiger partial charge >= 0.3 is 0 Å². The van der Waals surface area contributed by atoms with Crippen molar-refractivity contribution in [3.63, 3.8) is 0 Å². The molecule has 100 valence electrons. The lowest BCUT2D eigenvalue weighted by molar-refractivity contribution is 0.354. The van der Waals surface area contributed by atoms with Crippen LogP contribution in [0.4, 0.5) is 0 Å². The minimum Gasteiger partial charge on any atom is -0.314 e. The molecule has 0 bridgehead atoms. The normalized spacial score (nSPS) is 23.4. The van der Waals surface area contributed by atoms with Crippen molar-refractivity contribution in [1.29, 1.82) is 0 Å². The molecular formula is C14H23N3O. The molecule has 18 heavy (non-hydrogen) atoms. The molecule has 4 heteroatoms. The molecule has 4 nitrogen and oxygen atoms in total. The van der Waals surface area contributed by atoms with Crippen molar-refractivity contribution in [3.05, 3.63) is 28.2 Å². The molecule has 2 unspecified atom stereocenters. The standard InChI is InChI=1S/C14H23N3O/c1-3-15-13-6-4-5-12(13)9-10-17-14(18)8-7-11(2)16-17/h7-8,12-13,15H,3-6,9-10H2,1-2H3. The van der Waals surface area contributed by atoms with E-state index in [-0.39, 0.29) is 5.56 Å². The van der Waals surface area contributed by atoms with Crippen molar-refractivity contribution < 1.29 is 0 Å². The van der Waals surface area contributed by atoms with E-state index in [1.165, 1.54) is 19.3 Å². The van der Waals surface area contributed by atoms with Crippen molar-refractivity contribution in [2.45, 2.75) is 52.1 Å². The first-order valence-electron chi connectivity index (χ1n) is 6.99. The summed E-state index contributed by atoms with van der Waals surface area (Å²) in [6, 6.07) is 4.02. The van der Waals surface area contributed by atoms with Gasteiger partial charge in [-0.3, -0.25) is 4.79 Å². The van der Waals surface area contributed by atoms with Crippen molar-refractivity contribution >= 4 is 0 Å². The summed E-state index contributed by atoms with van der Waals surface area (Å²) in [7, 11) is 0. The lowest BCUT2D eigenvalue weighted by Crippen LogP contribution is -2.33. The summed E-state index contributed by atoms with van der Waals surface area (Å²) < 4.78 is 1.61. The van der Waals surface area contributed by atoms with Crippen molar-refractivity contribution in [2.75, 3.05) is 6.54 Å². The van der Waals surface area contributed by atoms with Gasteiger partial charge in [0.1, 0.15) is 0 Å². The number of hydrogen-bond donors (Lipinski definition) is 1. The minimum absolute atomic E-state index is 0.0126.